The van der Waals surface area contributed by atoms with Gasteiger partial charge in [0.1, 0.15) is 0 Å². The zero-order valence-electron chi connectivity index (χ0n) is 10.1. The minimum absolute atomic E-state index is 0.0304. The Balaban J connectivity index is 1.84. The number of benzene rings is 1. The Morgan fingerprint density at radius 3 is 2.94 bits per heavy atom. The van der Waals surface area contributed by atoms with Crippen molar-refractivity contribution < 1.29 is 4.79 Å². The third-order valence-electron chi connectivity index (χ3n) is 3.05. The molecule has 1 heterocycles. The van der Waals surface area contributed by atoms with Crippen LogP contribution in [-0.4, -0.2) is 36.6 Å². The zero-order chi connectivity index (χ0) is 12.1. The summed E-state index contributed by atoms with van der Waals surface area (Å²) in [5.41, 5.74) is 1.13. The molecule has 0 bridgehead atoms. The second kappa shape index (κ2) is 5.68. The molecule has 1 aromatic rings. The van der Waals surface area contributed by atoms with Gasteiger partial charge in [0.25, 0.3) is 0 Å². The first-order chi connectivity index (χ1) is 8.27. The molecule has 0 spiro atoms. The number of rotatable bonds is 2. The SMILES string of the molecule is C[C@@H]1CNCCN1C(=O)NCc1ccccc1. The highest BCUT2D eigenvalue weighted by atomic mass is 16.2. The van der Waals surface area contributed by atoms with E-state index in [4.69, 9.17) is 0 Å². The van der Waals surface area contributed by atoms with Crippen LogP contribution in [0.25, 0.3) is 0 Å². The van der Waals surface area contributed by atoms with Crippen LogP contribution < -0.4 is 10.6 Å². The molecule has 1 aliphatic rings. The quantitative estimate of drug-likeness (QED) is 0.806. The van der Waals surface area contributed by atoms with Crippen molar-refractivity contribution in [2.24, 2.45) is 0 Å². The van der Waals surface area contributed by atoms with E-state index in [1.165, 1.54) is 0 Å². The van der Waals surface area contributed by atoms with Gasteiger partial charge in [-0.3, -0.25) is 0 Å². The van der Waals surface area contributed by atoms with Crippen LogP contribution in [0.15, 0.2) is 30.3 Å². The number of piperazine rings is 1. The Morgan fingerprint density at radius 2 is 2.24 bits per heavy atom. The molecule has 0 saturated carbocycles. The smallest absolute Gasteiger partial charge is 0.317 e. The molecule has 4 heteroatoms. The van der Waals surface area contributed by atoms with E-state index in [1.54, 1.807) is 0 Å². The average Bonchev–Trinajstić information content (AvgIpc) is 2.38. The maximum Gasteiger partial charge on any atom is 0.317 e. The fourth-order valence-electron chi connectivity index (χ4n) is 2.02. The summed E-state index contributed by atoms with van der Waals surface area (Å²) in [6.07, 6.45) is 0. The molecule has 2 amide bonds. The van der Waals surface area contributed by atoms with E-state index >= 15 is 0 Å². The van der Waals surface area contributed by atoms with Crippen molar-refractivity contribution in [2.75, 3.05) is 19.6 Å². The highest BCUT2D eigenvalue weighted by Gasteiger charge is 2.22. The number of amides is 2. The van der Waals surface area contributed by atoms with E-state index < -0.39 is 0 Å². The molecule has 0 aromatic heterocycles. The minimum Gasteiger partial charge on any atom is -0.334 e. The predicted octanol–water partition coefficient (Wildman–Crippen LogP) is 1.19. The number of carbonyl (C=O) groups is 1. The average molecular weight is 233 g/mol. The van der Waals surface area contributed by atoms with Crippen LogP contribution in [0, 0.1) is 0 Å². The molecule has 17 heavy (non-hydrogen) atoms. The van der Waals surface area contributed by atoms with Crippen molar-refractivity contribution >= 4 is 6.03 Å². The highest BCUT2D eigenvalue weighted by Crippen LogP contribution is 2.03. The third-order valence-corrected chi connectivity index (χ3v) is 3.05. The molecule has 4 nitrogen and oxygen atoms in total. The van der Waals surface area contributed by atoms with Gasteiger partial charge in [0.2, 0.25) is 0 Å². The normalized spacial score (nSPS) is 20.1. The van der Waals surface area contributed by atoms with E-state index in [0.29, 0.717) is 6.54 Å². The van der Waals surface area contributed by atoms with Crippen LogP contribution in [0.3, 0.4) is 0 Å². The summed E-state index contributed by atoms with van der Waals surface area (Å²) in [5.74, 6) is 0. The van der Waals surface area contributed by atoms with Crippen molar-refractivity contribution in [3.8, 4) is 0 Å². The second-order valence-corrected chi connectivity index (χ2v) is 4.39. The number of hydrogen-bond donors (Lipinski definition) is 2. The number of nitrogens with zero attached hydrogens (tertiary/aromatic N) is 1. The van der Waals surface area contributed by atoms with Gasteiger partial charge in [0.15, 0.2) is 0 Å². The van der Waals surface area contributed by atoms with Crippen LogP contribution in [0.2, 0.25) is 0 Å². The van der Waals surface area contributed by atoms with Crippen LogP contribution in [0.5, 0.6) is 0 Å². The Bertz CT molecular complexity index is 366. The van der Waals surface area contributed by atoms with Gasteiger partial charge in [0.05, 0.1) is 0 Å². The number of carbonyl (C=O) groups excluding carboxylic acids is 1. The van der Waals surface area contributed by atoms with Crippen molar-refractivity contribution in [1.29, 1.82) is 0 Å². The standard InChI is InChI=1S/C13H19N3O/c1-11-9-14-7-8-16(11)13(17)15-10-12-5-3-2-4-6-12/h2-6,11,14H,7-10H2,1H3,(H,15,17)/t11-/m1/s1. The van der Waals surface area contributed by atoms with Crippen LogP contribution in [0.1, 0.15) is 12.5 Å². The van der Waals surface area contributed by atoms with Crippen molar-refractivity contribution in [3.63, 3.8) is 0 Å². The Labute approximate surface area is 102 Å². The third kappa shape index (κ3) is 3.20. The van der Waals surface area contributed by atoms with Gasteiger partial charge >= 0.3 is 6.03 Å². The molecule has 1 saturated heterocycles. The number of hydrogen-bond acceptors (Lipinski definition) is 2. The summed E-state index contributed by atoms with van der Waals surface area (Å²) < 4.78 is 0. The van der Waals surface area contributed by atoms with Crippen LogP contribution >= 0.6 is 0 Å². The molecule has 1 fully saturated rings. The van der Waals surface area contributed by atoms with E-state index in [9.17, 15) is 4.79 Å². The van der Waals surface area contributed by atoms with Gasteiger partial charge in [0, 0.05) is 32.2 Å². The summed E-state index contributed by atoms with van der Waals surface area (Å²) in [7, 11) is 0. The van der Waals surface area contributed by atoms with E-state index in [1.807, 2.05) is 35.2 Å². The van der Waals surface area contributed by atoms with Gasteiger partial charge in [-0.15, -0.1) is 0 Å². The van der Waals surface area contributed by atoms with Gasteiger partial charge in [-0.2, -0.15) is 0 Å². The van der Waals surface area contributed by atoms with Gasteiger partial charge in [-0.1, -0.05) is 30.3 Å². The number of nitrogens with one attached hydrogen (secondary N) is 2. The van der Waals surface area contributed by atoms with E-state index in [0.717, 1.165) is 25.2 Å². The lowest BCUT2D eigenvalue weighted by molar-refractivity contribution is 0.164. The summed E-state index contributed by atoms with van der Waals surface area (Å²) in [5, 5.41) is 6.23. The minimum atomic E-state index is 0.0304. The van der Waals surface area contributed by atoms with E-state index in [-0.39, 0.29) is 12.1 Å². The molecule has 0 unspecified atom stereocenters. The first-order valence-corrected chi connectivity index (χ1v) is 6.06. The first kappa shape index (κ1) is 11.9. The zero-order valence-corrected chi connectivity index (χ0v) is 10.1. The molecular weight excluding hydrogens is 214 g/mol. The van der Waals surface area contributed by atoms with Gasteiger partial charge in [-0.25, -0.2) is 4.79 Å². The Hall–Kier alpha value is -1.55. The molecule has 0 radical (unpaired) electrons. The molecule has 92 valence electrons. The van der Waals surface area contributed by atoms with Gasteiger partial charge in [-0.05, 0) is 12.5 Å². The van der Waals surface area contributed by atoms with Crippen molar-refractivity contribution in [1.82, 2.24) is 15.5 Å². The topological polar surface area (TPSA) is 44.4 Å². The molecule has 2 N–H and O–H groups in total. The van der Waals surface area contributed by atoms with Crippen molar-refractivity contribution in [3.05, 3.63) is 35.9 Å². The summed E-state index contributed by atoms with van der Waals surface area (Å²) in [6, 6.07) is 10.3. The first-order valence-electron chi connectivity index (χ1n) is 6.06. The molecule has 1 aliphatic heterocycles. The summed E-state index contributed by atoms with van der Waals surface area (Å²) in [4.78, 5) is 13.9. The molecular formula is C13H19N3O. The lowest BCUT2D eigenvalue weighted by Gasteiger charge is -2.33. The molecule has 0 aliphatic carbocycles. The Morgan fingerprint density at radius 1 is 1.47 bits per heavy atom. The molecule has 1 aromatic carbocycles. The van der Waals surface area contributed by atoms with Crippen LogP contribution in [-0.2, 0) is 6.54 Å². The largest absolute Gasteiger partial charge is 0.334 e. The maximum atomic E-state index is 12.0. The lowest BCUT2D eigenvalue weighted by atomic mass is 10.2. The summed E-state index contributed by atoms with van der Waals surface area (Å²) in [6.45, 7) is 5.19. The van der Waals surface area contributed by atoms with Crippen molar-refractivity contribution in [2.45, 2.75) is 19.5 Å². The predicted molar refractivity (Wildman–Crippen MR) is 67.7 cm³/mol. The fourth-order valence-corrected chi connectivity index (χ4v) is 2.02. The van der Waals surface area contributed by atoms with Gasteiger partial charge < -0.3 is 15.5 Å². The second-order valence-electron chi connectivity index (χ2n) is 4.39. The lowest BCUT2D eigenvalue weighted by Crippen LogP contribution is -2.55. The Kier molecular flexibility index (Phi) is 3.98. The molecule has 2 rings (SSSR count). The highest BCUT2D eigenvalue weighted by molar-refractivity contribution is 5.74. The number of urea groups is 1. The summed E-state index contributed by atoms with van der Waals surface area (Å²) >= 11 is 0. The molecule has 1 atom stereocenters. The van der Waals surface area contributed by atoms with E-state index in [2.05, 4.69) is 17.6 Å². The van der Waals surface area contributed by atoms with Crippen LogP contribution in [0.4, 0.5) is 4.79 Å². The monoisotopic (exact) mass is 233 g/mol. The fraction of sp³-hybridized carbons (Fsp3) is 0.462. The maximum absolute atomic E-state index is 12.0.